The number of amides is 3. The van der Waals surface area contributed by atoms with Gasteiger partial charge in [-0.1, -0.05) is 55.5 Å². The van der Waals surface area contributed by atoms with Gasteiger partial charge in [0.1, 0.15) is 11.4 Å². The lowest BCUT2D eigenvalue weighted by Crippen LogP contribution is -2.63. The number of anilines is 1. The van der Waals surface area contributed by atoms with Gasteiger partial charge in [0.15, 0.2) is 0 Å². The summed E-state index contributed by atoms with van der Waals surface area (Å²) in [6.07, 6.45) is 5.80. The molecule has 196 valence electrons. The van der Waals surface area contributed by atoms with Gasteiger partial charge < -0.3 is 20.9 Å². The van der Waals surface area contributed by atoms with E-state index in [1.165, 1.54) is 0 Å². The molecule has 4 N–H and O–H groups in total. The van der Waals surface area contributed by atoms with Gasteiger partial charge in [-0.3, -0.25) is 19.7 Å². The molecule has 3 atom stereocenters. The summed E-state index contributed by atoms with van der Waals surface area (Å²) in [7, 11) is 0. The number of rotatable bonds is 5. The van der Waals surface area contributed by atoms with Crippen LogP contribution in [0.2, 0.25) is 0 Å². The number of benzene rings is 2. The highest BCUT2D eigenvalue weighted by atomic mass is 16.2. The van der Waals surface area contributed by atoms with Crippen LogP contribution in [-0.4, -0.2) is 47.8 Å². The van der Waals surface area contributed by atoms with Crippen molar-refractivity contribution in [1.29, 1.82) is 0 Å². The van der Waals surface area contributed by atoms with Gasteiger partial charge in [-0.15, -0.1) is 0 Å². The fraction of sp³-hybridized carbons (Fsp3) is 0.367. The van der Waals surface area contributed by atoms with Crippen molar-refractivity contribution in [1.82, 2.24) is 20.9 Å². The molecular formula is C30H33N5O3. The molecule has 0 radical (unpaired) electrons. The molecule has 3 unspecified atom stereocenters. The van der Waals surface area contributed by atoms with E-state index in [0.29, 0.717) is 38.0 Å². The third kappa shape index (κ3) is 3.82. The standard InChI is InChI=1S/C30H33N5O3/c1-3-29(2,35-18-24(32-17-25(35)36)19-8-5-4-6-9-19)27(37)33-22-12-11-20-15-30(16-21(20)14-22)23-10-7-13-31-26(23)34-28(30)38/h4-12,14,24,31-32H,3,13,15-18H2,1-2H3,(H,33,37)(H,34,38). The highest BCUT2D eigenvalue weighted by Gasteiger charge is 2.52. The molecule has 1 fully saturated rings. The second kappa shape index (κ2) is 9.13. The zero-order valence-corrected chi connectivity index (χ0v) is 21.8. The van der Waals surface area contributed by atoms with Crippen molar-refractivity contribution in [2.45, 2.75) is 44.7 Å². The molecule has 38 heavy (non-hydrogen) atoms. The number of piperazine rings is 1. The lowest BCUT2D eigenvalue weighted by Gasteiger charge is -2.44. The van der Waals surface area contributed by atoms with Gasteiger partial charge in [-0.25, -0.2) is 0 Å². The Bertz CT molecular complexity index is 1380. The molecule has 6 rings (SSSR count). The van der Waals surface area contributed by atoms with E-state index < -0.39 is 11.0 Å². The van der Waals surface area contributed by atoms with Crippen molar-refractivity contribution in [2.75, 3.05) is 25.0 Å². The fourth-order valence-electron chi connectivity index (χ4n) is 6.27. The molecule has 1 aliphatic carbocycles. The van der Waals surface area contributed by atoms with Crippen LogP contribution >= 0.6 is 0 Å². The third-order valence-electron chi connectivity index (χ3n) is 8.73. The summed E-state index contributed by atoms with van der Waals surface area (Å²) in [6, 6.07) is 15.9. The highest BCUT2D eigenvalue weighted by Crippen LogP contribution is 2.48. The lowest BCUT2D eigenvalue weighted by molar-refractivity contribution is -0.147. The fourth-order valence-corrected chi connectivity index (χ4v) is 6.27. The number of hydrogen-bond donors (Lipinski definition) is 4. The number of dihydropyridines is 1. The van der Waals surface area contributed by atoms with Crippen molar-refractivity contribution in [3.63, 3.8) is 0 Å². The molecule has 2 aromatic rings. The van der Waals surface area contributed by atoms with E-state index in [0.717, 1.165) is 28.1 Å². The maximum absolute atomic E-state index is 13.7. The van der Waals surface area contributed by atoms with Crippen LogP contribution in [0, 0.1) is 5.41 Å². The molecule has 4 aliphatic rings. The van der Waals surface area contributed by atoms with Gasteiger partial charge in [0, 0.05) is 24.4 Å². The first kappa shape index (κ1) is 24.4. The summed E-state index contributed by atoms with van der Waals surface area (Å²) in [5.41, 5.74) is 3.35. The van der Waals surface area contributed by atoms with Crippen LogP contribution in [0.3, 0.4) is 0 Å². The molecule has 0 saturated carbocycles. The monoisotopic (exact) mass is 511 g/mol. The van der Waals surface area contributed by atoms with Crippen LogP contribution in [0.25, 0.3) is 0 Å². The molecule has 1 saturated heterocycles. The van der Waals surface area contributed by atoms with Gasteiger partial charge in [0.05, 0.1) is 18.0 Å². The Kier molecular flexibility index (Phi) is 5.87. The first-order valence-corrected chi connectivity index (χ1v) is 13.3. The zero-order valence-electron chi connectivity index (χ0n) is 21.8. The van der Waals surface area contributed by atoms with Gasteiger partial charge in [-0.2, -0.15) is 0 Å². The summed E-state index contributed by atoms with van der Waals surface area (Å²) in [5.74, 6) is 0.537. The van der Waals surface area contributed by atoms with Gasteiger partial charge in [0.25, 0.3) is 0 Å². The van der Waals surface area contributed by atoms with E-state index in [4.69, 9.17) is 0 Å². The maximum atomic E-state index is 13.7. The number of nitrogens with zero attached hydrogens (tertiary/aromatic N) is 1. The second-order valence-corrected chi connectivity index (χ2v) is 10.9. The first-order valence-electron chi connectivity index (χ1n) is 13.3. The van der Waals surface area contributed by atoms with Crippen LogP contribution in [0.5, 0.6) is 0 Å². The number of carbonyl (C=O) groups excluding carboxylic acids is 3. The van der Waals surface area contributed by atoms with Crippen LogP contribution in [0.1, 0.15) is 43.0 Å². The molecule has 3 heterocycles. The highest BCUT2D eigenvalue weighted by molar-refractivity contribution is 6.01. The smallest absolute Gasteiger partial charge is 0.250 e. The molecule has 8 nitrogen and oxygen atoms in total. The normalized spacial score (nSPS) is 25.5. The topological polar surface area (TPSA) is 103 Å². The quantitative estimate of drug-likeness (QED) is 0.494. The van der Waals surface area contributed by atoms with Crippen LogP contribution < -0.4 is 21.3 Å². The van der Waals surface area contributed by atoms with Crippen molar-refractivity contribution >= 4 is 23.4 Å². The Morgan fingerprint density at radius 3 is 2.71 bits per heavy atom. The van der Waals surface area contributed by atoms with Gasteiger partial charge >= 0.3 is 0 Å². The van der Waals surface area contributed by atoms with Crippen molar-refractivity contribution in [3.8, 4) is 0 Å². The van der Waals surface area contributed by atoms with E-state index in [1.54, 1.807) is 4.90 Å². The number of fused-ring (bicyclic) bond motifs is 2. The lowest BCUT2D eigenvalue weighted by atomic mass is 9.78. The molecular weight excluding hydrogens is 478 g/mol. The second-order valence-electron chi connectivity index (χ2n) is 10.9. The Hall–Kier alpha value is -3.91. The Morgan fingerprint density at radius 2 is 1.92 bits per heavy atom. The van der Waals surface area contributed by atoms with Gasteiger partial charge in [-0.05, 0) is 55.0 Å². The number of allylic oxidation sites excluding steroid dienone is 1. The van der Waals surface area contributed by atoms with Crippen molar-refractivity contribution in [2.24, 2.45) is 5.41 Å². The number of hydrogen-bond acceptors (Lipinski definition) is 5. The summed E-state index contributed by atoms with van der Waals surface area (Å²) < 4.78 is 0. The SMILES string of the molecule is CCC(C)(C(=O)Nc1ccc2c(c1)CC1(C2)C(=O)NC2=C1C=CCN2)N1CC(c2ccccc2)NCC1=O. The van der Waals surface area contributed by atoms with E-state index >= 15 is 0 Å². The summed E-state index contributed by atoms with van der Waals surface area (Å²) >= 11 is 0. The van der Waals surface area contributed by atoms with E-state index in [-0.39, 0.29) is 30.3 Å². The molecule has 0 aromatic heterocycles. The minimum absolute atomic E-state index is 0.0204. The molecule has 3 amide bonds. The maximum Gasteiger partial charge on any atom is 0.250 e. The first-order chi connectivity index (χ1) is 18.3. The van der Waals surface area contributed by atoms with Crippen molar-refractivity contribution < 1.29 is 14.4 Å². The molecule has 8 heteroatoms. The average molecular weight is 512 g/mol. The minimum atomic E-state index is -1.00. The van der Waals surface area contributed by atoms with Gasteiger partial charge in [0.2, 0.25) is 17.7 Å². The molecule has 0 bridgehead atoms. The summed E-state index contributed by atoms with van der Waals surface area (Å²) in [4.78, 5) is 41.5. The number of nitrogens with one attached hydrogen (secondary N) is 4. The summed E-state index contributed by atoms with van der Waals surface area (Å²) in [5, 5.41) is 12.7. The average Bonchev–Trinajstić information content (AvgIpc) is 3.45. The Balaban J connectivity index is 1.21. The molecule has 3 aliphatic heterocycles. The Labute approximate surface area is 222 Å². The molecule has 2 aromatic carbocycles. The van der Waals surface area contributed by atoms with Crippen molar-refractivity contribution in [3.05, 3.63) is 88.8 Å². The minimum Gasteiger partial charge on any atom is -0.368 e. The van der Waals surface area contributed by atoms with Crippen LogP contribution in [-0.2, 0) is 27.2 Å². The third-order valence-corrected chi connectivity index (χ3v) is 8.73. The Morgan fingerprint density at radius 1 is 1.13 bits per heavy atom. The summed E-state index contributed by atoms with van der Waals surface area (Å²) in [6.45, 7) is 5.09. The zero-order chi connectivity index (χ0) is 26.5. The predicted octanol–water partition coefficient (Wildman–Crippen LogP) is 2.55. The van der Waals surface area contributed by atoms with E-state index in [9.17, 15) is 14.4 Å². The predicted molar refractivity (Wildman–Crippen MR) is 145 cm³/mol. The van der Waals surface area contributed by atoms with Crippen LogP contribution in [0.4, 0.5) is 5.69 Å². The van der Waals surface area contributed by atoms with Crippen LogP contribution in [0.15, 0.2) is 72.1 Å². The largest absolute Gasteiger partial charge is 0.368 e. The van der Waals surface area contributed by atoms with E-state index in [2.05, 4.69) is 27.3 Å². The molecule has 1 spiro atoms. The number of carbonyl (C=O) groups is 3. The van der Waals surface area contributed by atoms with E-state index in [1.807, 2.05) is 68.5 Å².